The zero-order chi connectivity index (χ0) is 17.1. The molecular formula is C19H21NO3. The van der Waals surface area contributed by atoms with Gasteiger partial charge in [-0.25, -0.2) is 0 Å². The Bertz CT molecular complexity index is 696. The second-order valence-electron chi connectivity index (χ2n) is 6.07. The molecule has 1 aliphatic rings. The number of hydrogen-bond donors (Lipinski definition) is 1. The summed E-state index contributed by atoms with van der Waals surface area (Å²) in [7, 11) is 0. The van der Waals surface area contributed by atoms with Crippen LogP contribution in [0.3, 0.4) is 0 Å². The zero-order valence-corrected chi connectivity index (χ0v) is 13.9. The number of Topliss-reactive ketones (excluding diaryl/α,β-unsaturated/α-hetero) is 2. The Kier molecular flexibility index (Phi) is 5.00. The number of aryl methyl sites for hydroxylation is 2. The molecule has 1 aromatic carbocycles. The van der Waals surface area contributed by atoms with Crippen LogP contribution in [-0.2, 0) is 14.4 Å². The van der Waals surface area contributed by atoms with Crippen LogP contribution in [0.5, 0.6) is 0 Å². The summed E-state index contributed by atoms with van der Waals surface area (Å²) in [6.07, 6.45) is 0.400. The number of hydrogen-bond acceptors (Lipinski definition) is 3. The van der Waals surface area contributed by atoms with Crippen molar-refractivity contribution < 1.29 is 14.4 Å². The molecule has 0 saturated heterocycles. The van der Waals surface area contributed by atoms with Crippen molar-refractivity contribution in [1.82, 2.24) is 5.32 Å². The van der Waals surface area contributed by atoms with Gasteiger partial charge in [-0.15, -0.1) is 5.92 Å². The van der Waals surface area contributed by atoms with Gasteiger partial charge in [0.2, 0.25) is 5.91 Å². The zero-order valence-electron chi connectivity index (χ0n) is 13.9. The van der Waals surface area contributed by atoms with Crippen molar-refractivity contribution in [1.29, 1.82) is 0 Å². The summed E-state index contributed by atoms with van der Waals surface area (Å²) in [5.74, 6) is 4.67. The fraction of sp³-hybridized carbons (Fsp3) is 0.421. The predicted octanol–water partition coefficient (Wildman–Crippen LogP) is 2.20. The average molecular weight is 311 g/mol. The number of carbonyl (C=O) groups excluding carboxylic acids is 3. The standard InChI is InChI=1S/C19H21NO3/c1-5-6-14-7-11(2)18(12(3)8-14)19-16(22)9-15(10-17(19)23)20-13(4)21/h7-8,15,19H,9-10H2,1-4H3,(H,20,21). The minimum atomic E-state index is -0.719. The minimum absolute atomic E-state index is 0.125. The van der Waals surface area contributed by atoms with E-state index in [2.05, 4.69) is 17.2 Å². The summed E-state index contributed by atoms with van der Waals surface area (Å²) in [5.41, 5.74) is 3.50. The van der Waals surface area contributed by atoms with Crippen molar-refractivity contribution in [3.05, 3.63) is 34.4 Å². The number of nitrogens with one attached hydrogen (secondary N) is 1. The molecule has 1 aromatic rings. The Hall–Kier alpha value is -2.41. The third-order valence-corrected chi connectivity index (χ3v) is 4.10. The first kappa shape index (κ1) is 17.0. The summed E-state index contributed by atoms with van der Waals surface area (Å²) >= 11 is 0. The van der Waals surface area contributed by atoms with E-state index in [1.165, 1.54) is 6.92 Å². The molecule has 23 heavy (non-hydrogen) atoms. The van der Waals surface area contributed by atoms with Crippen molar-refractivity contribution in [2.75, 3.05) is 0 Å². The van der Waals surface area contributed by atoms with Crippen molar-refractivity contribution in [3.8, 4) is 11.8 Å². The van der Waals surface area contributed by atoms with Crippen LogP contribution in [0, 0.1) is 25.7 Å². The highest BCUT2D eigenvalue weighted by atomic mass is 16.2. The second-order valence-corrected chi connectivity index (χ2v) is 6.07. The Balaban J connectivity index is 2.35. The smallest absolute Gasteiger partial charge is 0.217 e. The van der Waals surface area contributed by atoms with E-state index in [4.69, 9.17) is 0 Å². The Morgan fingerprint density at radius 2 is 1.65 bits per heavy atom. The van der Waals surface area contributed by atoms with Gasteiger partial charge in [-0.2, -0.15) is 0 Å². The minimum Gasteiger partial charge on any atom is -0.353 e. The molecule has 4 heteroatoms. The van der Waals surface area contributed by atoms with E-state index in [9.17, 15) is 14.4 Å². The summed E-state index contributed by atoms with van der Waals surface area (Å²) in [6, 6.07) is 3.45. The van der Waals surface area contributed by atoms with Crippen LogP contribution >= 0.6 is 0 Å². The van der Waals surface area contributed by atoms with Crippen LogP contribution in [0.1, 0.15) is 54.9 Å². The number of benzene rings is 1. The lowest BCUT2D eigenvalue weighted by atomic mass is 9.76. The molecule has 0 radical (unpaired) electrons. The lowest BCUT2D eigenvalue weighted by molar-refractivity contribution is -0.133. The van der Waals surface area contributed by atoms with Gasteiger partial charge in [0.15, 0.2) is 0 Å². The molecule has 4 nitrogen and oxygen atoms in total. The molecule has 1 aliphatic carbocycles. The monoisotopic (exact) mass is 311 g/mol. The fourth-order valence-corrected chi connectivity index (χ4v) is 3.33. The van der Waals surface area contributed by atoms with Crippen LogP contribution in [0.2, 0.25) is 0 Å². The van der Waals surface area contributed by atoms with Gasteiger partial charge >= 0.3 is 0 Å². The molecule has 0 heterocycles. The van der Waals surface area contributed by atoms with Crippen LogP contribution in [0.15, 0.2) is 12.1 Å². The van der Waals surface area contributed by atoms with E-state index in [0.29, 0.717) is 0 Å². The molecule has 2 rings (SSSR count). The molecule has 0 bridgehead atoms. The maximum absolute atomic E-state index is 12.5. The normalized spacial score (nSPS) is 20.7. The third-order valence-electron chi connectivity index (χ3n) is 4.10. The average Bonchev–Trinajstić information content (AvgIpc) is 2.40. The first-order chi connectivity index (χ1) is 10.8. The summed E-state index contributed by atoms with van der Waals surface area (Å²) in [5, 5.41) is 2.67. The van der Waals surface area contributed by atoms with Gasteiger partial charge in [0.25, 0.3) is 0 Å². The molecule has 1 saturated carbocycles. The first-order valence-corrected chi connectivity index (χ1v) is 7.70. The van der Waals surface area contributed by atoms with Gasteiger partial charge in [0.1, 0.15) is 17.5 Å². The predicted molar refractivity (Wildman–Crippen MR) is 88.1 cm³/mol. The topological polar surface area (TPSA) is 63.2 Å². The van der Waals surface area contributed by atoms with Gasteiger partial charge in [-0.1, -0.05) is 5.92 Å². The summed E-state index contributed by atoms with van der Waals surface area (Å²) < 4.78 is 0. The van der Waals surface area contributed by atoms with E-state index in [1.807, 2.05) is 26.0 Å². The van der Waals surface area contributed by atoms with Gasteiger partial charge in [0, 0.05) is 31.4 Å². The Morgan fingerprint density at radius 3 is 2.09 bits per heavy atom. The van der Waals surface area contributed by atoms with Gasteiger partial charge in [0.05, 0.1) is 0 Å². The van der Waals surface area contributed by atoms with Crippen molar-refractivity contribution >= 4 is 17.5 Å². The van der Waals surface area contributed by atoms with E-state index in [1.54, 1.807) is 6.92 Å². The van der Waals surface area contributed by atoms with Gasteiger partial charge in [-0.05, 0) is 49.6 Å². The van der Waals surface area contributed by atoms with Crippen LogP contribution in [0.4, 0.5) is 0 Å². The second kappa shape index (κ2) is 6.78. The largest absolute Gasteiger partial charge is 0.353 e. The first-order valence-electron chi connectivity index (χ1n) is 7.70. The highest BCUT2D eigenvalue weighted by Gasteiger charge is 2.38. The van der Waals surface area contributed by atoms with Crippen LogP contribution in [0.25, 0.3) is 0 Å². The van der Waals surface area contributed by atoms with E-state index in [0.717, 1.165) is 22.3 Å². The van der Waals surface area contributed by atoms with Crippen LogP contribution < -0.4 is 5.32 Å². The lowest BCUT2D eigenvalue weighted by Crippen LogP contribution is -2.44. The molecular weight excluding hydrogens is 290 g/mol. The quantitative estimate of drug-likeness (QED) is 0.673. The van der Waals surface area contributed by atoms with E-state index in [-0.39, 0.29) is 36.4 Å². The van der Waals surface area contributed by atoms with E-state index < -0.39 is 5.92 Å². The highest BCUT2D eigenvalue weighted by Crippen LogP contribution is 2.32. The maximum Gasteiger partial charge on any atom is 0.217 e. The Morgan fingerprint density at radius 1 is 1.13 bits per heavy atom. The van der Waals surface area contributed by atoms with E-state index >= 15 is 0 Å². The highest BCUT2D eigenvalue weighted by molar-refractivity contribution is 6.10. The van der Waals surface area contributed by atoms with Crippen molar-refractivity contribution in [2.24, 2.45) is 0 Å². The molecule has 0 aliphatic heterocycles. The molecule has 0 unspecified atom stereocenters. The van der Waals surface area contributed by atoms with Crippen molar-refractivity contribution in [2.45, 2.75) is 52.5 Å². The molecule has 1 fully saturated rings. The molecule has 0 aromatic heterocycles. The number of carbonyl (C=O) groups is 3. The Labute approximate surface area is 136 Å². The fourth-order valence-electron chi connectivity index (χ4n) is 3.33. The number of ketones is 2. The number of amides is 1. The van der Waals surface area contributed by atoms with Crippen molar-refractivity contribution in [3.63, 3.8) is 0 Å². The SMILES string of the molecule is CC#Cc1cc(C)c(C2C(=O)CC(NC(C)=O)CC2=O)c(C)c1. The maximum atomic E-state index is 12.5. The molecule has 0 spiro atoms. The molecule has 0 atom stereocenters. The van der Waals surface area contributed by atoms with Gasteiger partial charge < -0.3 is 5.32 Å². The third kappa shape index (κ3) is 3.68. The van der Waals surface area contributed by atoms with Gasteiger partial charge in [-0.3, -0.25) is 14.4 Å². The van der Waals surface area contributed by atoms with Crippen LogP contribution in [-0.4, -0.2) is 23.5 Å². The summed E-state index contributed by atoms with van der Waals surface area (Å²) in [4.78, 5) is 36.2. The molecule has 120 valence electrons. The number of rotatable bonds is 2. The summed E-state index contributed by atoms with van der Waals surface area (Å²) in [6.45, 7) is 6.98. The molecule has 1 N–H and O–H groups in total. The lowest BCUT2D eigenvalue weighted by Gasteiger charge is -2.28. The molecule has 1 amide bonds.